The standard InChI is InChI=1S/C13H8Br.C5H5.Fe/c14-13-9-7-12(8-10-13)6-5-11-3-1-2-4-11;1-2-4-5-3-1;/h1-4,7-10H;1-5H;/q2*-1;+2. The predicted octanol–water partition coefficient (Wildman–Crippen LogP) is 4.97. The van der Waals surface area contributed by atoms with Crippen molar-refractivity contribution in [3.63, 3.8) is 0 Å². The molecule has 0 heterocycles. The van der Waals surface area contributed by atoms with Crippen LogP contribution in [0.5, 0.6) is 0 Å². The molecule has 0 atom stereocenters. The Kier molecular flexibility index (Phi) is 7.77. The molecule has 100 valence electrons. The molecule has 0 spiro atoms. The summed E-state index contributed by atoms with van der Waals surface area (Å²) in [7, 11) is 0. The van der Waals surface area contributed by atoms with Gasteiger partial charge in [0.05, 0.1) is 0 Å². The van der Waals surface area contributed by atoms with E-state index in [2.05, 4.69) is 27.8 Å². The molecule has 20 heavy (non-hydrogen) atoms. The Balaban J connectivity index is 0.000000283. The predicted molar refractivity (Wildman–Crippen MR) is 84.2 cm³/mol. The zero-order chi connectivity index (χ0) is 13.3. The molecule has 0 fully saturated rings. The molecule has 0 saturated heterocycles. The summed E-state index contributed by atoms with van der Waals surface area (Å²) in [5, 5.41) is 0. The van der Waals surface area contributed by atoms with E-state index in [1.54, 1.807) is 0 Å². The second-order valence-electron chi connectivity index (χ2n) is 3.89. The van der Waals surface area contributed by atoms with Gasteiger partial charge in [-0.05, 0) is 24.3 Å². The van der Waals surface area contributed by atoms with Crippen LogP contribution >= 0.6 is 15.9 Å². The molecule has 3 rings (SSSR count). The molecule has 0 aliphatic heterocycles. The molecule has 0 saturated carbocycles. The summed E-state index contributed by atoms with van der Waals surface area (Å²) >= 11 is 3.39. The van der Waals surface area contributed by atoms with E-state index in [1.165, 1.54) is 0 Å². The summed E-state index contributed by atoms with van der Waals surface area (Å²) in [6.45, 7) is 0. The van der Waals surface area contributed by atoms with Crippen molar-refractivity contribution < 1.29 is 17.1 Å². The third-order valence-electron chi connectivity index (χ3n) is 2.41. The first-order valence-electron chi connectivity index (χ1n) is 6.00. The molecular formula is C18H13BrFe. The van der Waals surface area contributed by atoms with Gasteiger partial charge in [-0.2, -0.15) is 42.3 Å². The van der Waals surface area contributed by atoms with Gasteiger partial charge in [-0.25, -0.2) is 12.1 Å². The minimum absolute atomic E-state index is 0. The monoisotopic (exact) mass is 364 g/mol. The third-order valence-corrected chi connectivity index (χ3v) is 2.94. The first kappa shape index (κ1) is 16.5. The molecule has 0 unspecified atom stereocenters. The van der Waals surface area contributed by atoms with Crippen molar-refractivity contribution >= 4 is 15.9 Å². The zero-order valence-corrected chi connectivity index (χ0v) is 13.4. The molecule has 0 aliphatic rings. The van der Waals surface area contributed by atoms with Gasteiger partial charge >= 0.3 is 17.1 Å². The topological polar surface area (TPSA) is 0 Å². The number of hydrogen-bond donors (Lipinski definition) is 0. The van der Waals surface area contributed by atoms with Gasteiger partial charge in [0, 0.05) is 10.0 Å². The van der Waals surface area contributed by atoms with Crippen molar-refractivity contribution in [2.75, 3.05) is 0 Å². The van der Waals surface area contributed by atoms with E-state index in [9.17, 15) is 0 Å². The van der Waals surface area contributed by atoms with Crippen molar-refractivity contribution in [2.45, 2.75) is 0 Å². The van der Waals surface area contributed by atoms with E-state index in [-0.39, 0.29) is 17.1 Å². The third kappa shape index (κ3) is 6.08. The van der Waals surface area contributed by atoms with Gasteiger partial charge in [-0.1, -0.05) is 15.9 Å². The zero-order valence-electron chi connectivity index (χ0n) is 10.7. The van der Waals surface area contributed by atoms with E-state index >= 15 is 0 Å². The maximum atomic E-state index is 3.39. The Bertz CT molecular complexity index is 606. The van der Waals surface area contributed by atoms with Crippen molar-refractivity contribution in [1.29, 1.82) is 0 Å². The van der Waals surface area contributed by atoms with Gasteiger partial charge in [-0.15, -0.1) is 17.6 Å². The molecule has 0 radical (unpaired) electrons. The maximum absolute atomic E-state index is 3.39. The van der Waals surface area contributed by atoms with Gasteiger partial charge in [-0.3, -0.25) is 0 Å². The molecule has 0 bridgehead atoms. The Hall–Kier alpha value is -1.52. The fourth-order valence-corrected chi connectivity index (χ4v) is 1.72. The van der Waals surface area contributed by atoms with Gasteiger partial charge < -0.3 is 0 Å². The summed E-state index contributed by atoms with van der Waals surface area (Å²) < 4.78 is 1.08. The second kappa shape index (κ2) is 9.39. The van der Waals surface area contributed by atoms with E-state index in [1.807, 2.05) is 78.9 Å². The van der Waals surface area contributed by atoms with E-state index in [0.29, 0.717) is 0 Å². The Labute approximate surface area is 139 Å². The van der Waals surface area contributed by atoms with Crippen LogP contribution in [0.4, 0.5) is 0 Å². The molecule has 3 aromatic rings. The molecule has 2 heteroatoms. The largest absolute Gasteiger partial charge is 2.00 e. The molecule has 3 aromatic carbocycles. The van der Waals surface area contributed by atoms with Gasteiger partial charge in [0.25, 0.3) is 0 Å². The van der Waals surface area contributed by atoms with Crippen LogP contribution in [0, 0.1) is 11.8 Å². The number of halogens is 1. The second-order valence-corrected chi connectivity index (χ2v) is 4.81. The molecule has 0 aliphatic carbocycles. The Morgan fingerprint density at radius 2 is 1.50 bits per heavy atom. The minimum Gasteiger partial charge on any atom is -0.214 e. The van der Waals surface area contributed by atoms with Crippen LogP contribution in [0.1, 0.15) is 11.1 Å². The van der Waals surface area contributed by atoms with Crippen LogP contribution < -0.4 is 0 Å². The van der Waals surface area contributed by atoms with E-state index < -0.39 is 0 Å². The first-order chi connectivity index (χ1) is 9.34. The quantitative estimate of drug-likeness (QED) is 0.300. The normalized spacial score (nSPS) is 8.45. The van der Waals surface area contributed by atoms with Crippen molar-refractivity contribution in [2.24, 2.45) is 0 Å². The molecular weight excluding hydrogens is 352 g/mol. The molecule has 0 aromatic heterocycles. The maximum Gasteiger partial charge on any atom is 2.00 e. The van der Waals surface area contributed by atoms with Crippen LogP contribution in [0.3, 0.4) is 0 Å². The van der Waals surface area contributed by atoms with Crippen LogP contribution in [0.15, 0.2) is 83.3 Å². The van der Waals surface area contributed by atoms with Crippen molar-refractivity contribution in [3.05, 3.63) is 94.5 Å². The van der Waals surface area contributed by atoms with Crippen LogP contribution in [0.2, 0.25) is 0 Å². The van der Waals surface area contributed by atoms with Gasteiger partial charge in [0.1, 0.15) is 0 Å². The molecule has 0 nitrogen and oxygen atoms in total. The summed E-state index contributed by atoms with van der Waals surface area (Å²) in [6, 6.07) is 26.0. The first-order valence-corrected chi connectivity index (χ1v) is 6.80. The number of rotatable bonds is 0. The Morgan fingerprint density at radius 1 is 0.800 bits per heavy atom. The van der Waals surface area contributed by atoms with E-state index in [0.717, 1.165) is 15.6 Å². The average molecular weight is 365 g/mol. The summed E-state index contributed by atoms with van der Waals surface area (Å²) in [4.78, 5) is 0. The minimum atomic E-state index is 0. The van der Waals surface area contributed by atoms with Crippen molar-refractivity contribution in [1.82, 2.24) is 0 Å². The van der Waals surface area contributed by atoms with Crippen LogP contribution in [-0.2, 0) is 17.1 Å². The molecule has 0 N–H and O–H groups in total. The number of hydrogen-bond acceptors (Lipinski definition) is 0. The summed E-state index contributed by atoms with van der Waals surface area (Å²) in [5.74, 6) is 6.20. The van der Waals surface area contributed by atoms with Gasteiger partial charge in [0.2, 0.25) is 0 Å². The summed E-state index contributed by atoms with van der Waals surface area (Å²) in [5.41, 5.74) is 2.10. The summed E-state index contributed by atoms with van der Waals surface area (Å²) in [6.07, 6.45) is 0. The average Bonchev–Trinajstić information content (AvgIpc) is 3.14. The smallest absolute Gasteiger partial charge is 0.214 e. The van der Waals surface area contributed by atoms with E-state index in [4.69, 9.17) is 0 Å². The van der Waals surface area contributed by atoms with Crippen molar-refractivity contribution in [3.8, 4) is 11.8 Å². The van der Waals surface area contributed by atoms with Crippen LogP contribution in [0.25, 0.3) is 0 Å². The SMILES string of the molecule is Brc1ccc(C#Cc2ccc[cH-]2)cc1.[Fe+2].c1cc[cH-]c1. The number of benzene rings is 1. The van der Waals surface area contributed by atoms with Gasteiger partial charge in [0.15, 0.2) is 0 Å². The Morgan fingerprint density at radius 3 is 2.00 bits per heavy atom. The van der Waals surface area contributed by atoms with Crippen LogP contribution in [-0.4, -0.2) is 0 Å². The fourth-order valence-electron chi connectivity index (χ4n) is 1.46. The molecule has 0 amide bonds. The fraction of sp³-hybridized carbons (Fsp3) is 0.